The molecule has 6 nitrogen and oxygen atoms in total. The van der Waals surface area contributed by atoms with Crippen LogP contribution in [0.1, 0.15) is 49.2 Å². The molecule has 0 spiro atoms. The number of nitrogens with one attached hydrogen (secondary N) is 1. The molecule has 0 saturated heterocycles. The summed E-state index contributed by atoms with van der Waals surface area (Å²) in [6, 6.07) is 10.1. The van der Waals surface area contributed by atoms with E-state index in [0.717, 1.165) is 42.0 Å². The van der Waals surface area contributed by atoms with E-state index < -0.39 is 17.5 Å². The van der Waals surface area contributed by atoms with Crippen LogP contribution in [0.15, 0.2) is 42.7 Å². The Kier molecular flexibility index (Phi) is 6.63. The van der Waals surface area contributed by atoms with E-state index in [1.165, 1.54) is 11.3 Å². The van der Waals surface area contributed by atoms with Crippen molar-refractivity contribution < 1.29 is 18.3 Å². The third kappa shape index (κ3) is 5.15. The van der Waals surface area contributed by atoms with Gasteiger partial charge in [-0.05, 0) is 48.9 Å². The van der Waals surface area contributed by atoms with E-state index in [1.807, 2.05) is 6.07 Å². The Bertz CT molecular complexity index is 1160. The first kappa shape index (κ1) is 23.1. The van der Waals surface area contributed by atoms with Crippen molar-refractivity contribution in [3.8, 4) is 16.5 Å². The van der Waals surface area contributed by atoms with Crippen molar-refractivity contribution in [2.45, 2.75) is 50.3 Å². The van der Waals surface area contributed by atoms with Crippen LogP contribution in [0, 0.1) is 17.2 Å². The van der Waals surface area contributed by atoms with E-state index in [9.17, 15) is 18.3 Å². The zero-order valence-corrected chi connectivity index (χ0v) is 18.5. The Hall–Kier alpha value is -3.03. The Morgan fingerprint density at radius 2 is 2.09 bits per heavy atom. The topological polar surface area (TPSA) is 94.7 Å². The Labute approximate surface area is 193 Å². The highest BCUT2D eigenvalue weighted by Crippen LogP contribution is 2.46. The van der Waals surface area contributed by atoms with Crippen LogP contribution >= 0.6 is 11.3 Å². The fraction of sp³-hybridized carbons (Fsp3) is 0.391. The van der Waals surface area contributed by atoms with Gasteiger partial charge in [-0.1, -0.05) is 25.0 Å². The molecule has 3 aromatic rings. The second-order valence-electron chi connectivity index (χ2n) is 8.06. The average molecular weight is 474 g/mol. The molecule has 172 valence electrons. The smallest absolute Gasteiger partial charge is 0.382 e. The van der Waals surface area contributed by atoms with E-state index in [4.69, 9.17) is 5.26 Å². The molecule has 33 heavy (non-hydrogen) atoms. The molecule has 2 unspecified atom stereocenters. The number of hydrogen-bond donors (Lipinski definition) is 2. The number of alkyl halides is 3. The number of rotatable bonds is 6. The predicted molar refractivity (Wildman–Crippen MR) is 119 cm³/mol. The van der Waals surface area contributed by atoms with E-state index in [0.29, 0.717) is 30.0 Å². The van der Waals surface area contributed by atoms with E-state index >= 15 is 0 Å². The van der Waals surface area contributed by atoms with Crippen molar-refractivity contribution in [2.24, 2.45) is 5.92 Å². The lowest BCUT2D eigenvalue weighted by Crippen LogP contribution is -2.37. The normalized spacial score (nSPS) is 20.9. The summed E-state index contributed by atoms with van der Waals surface area (Å²) in [4.78, 5) is 12.8. The van der Waals surface area contributed by atoms with Crippen molar-refractivity contribution >= 4 is 23.0 Å². The van der Waals surface area contributed by atoms with Crippen LogP contribution < -0.4 is 5.32 Å². The van der Waals surface area contributed by atoms with Gasteiger partial charge in [0.25, 0.3) is 0 Å². The quantitative estimate of drug-likeness (QED) is 0.453. The van der Waals surface area contributed by atoms with Crippen LogP contribution in [-0.4, -0.2) is 20.1 Å². The molecule has 2 aromatic heterocycles. The van der Waals surface area contributed by atoms with Crippen LogP contribution in [0.25, 0.3) is 10.4 Å². The molecule has 2 atom stereocenters. The van der Waals surface area contributed by atoms with Gasteiger partial charge in [0.15, 0.2) is 0 Å². The molecule has 4 rings (SSSR count). The first-order valence-electron chi connectivity index (χ1n) is 10.6. The zero-order chi connectivity index (χ0) is 23.5. The summed E-state index contributed by atoms with van der Waals surface area (Å²) in [5, 5.41) is 23.9. The van der Waals surface area contributed by atoms with Crippen LogP contribution in [-0.2, 0) is 11.8 Å². The van der Waals surface area contributed by atoms with Gasteiger partial charge >= 0.3 is 6.18 Å². The maximum absolute atomic E-state index is 12.9. The zero-order valence-electron chi connectivity index (χ0n) is 17.6. The van der Waals surface area contributed by atoms with E-state index in [2.05, 4.69) is 26.3 Å². The summed E-state index contributed by atoms with van der Waals surface area (Å²) in [6.07, 6.45) is 2.67. The van der Waals surface area contributed by atoms with Crippen molar-refractivity contribution in [1.82, 2.24) is 15.0 Å². The molecule has 1 aromatic carbocycles. The maximum Gasteiger partial charge on any atom is 0.433 e. The summed E-state index contributed by atoms with van der Waals surface area (Å²) < 4.78 is 38.7. The number of aliphatic hydroxyl groups is 1. The molecule has 1 fully saturated rings. The van der Waals surface area contributed by atoms with Crippen molar-refractivity contribution in [3.63, 3.8) is 0 Å². The van der Waals surface area contributed by atoms with Crippen molar-refractivity contribution in [1.29, 1.82) is 5.26 Å². The SMILES string of the molecule is N#CCCC1CCCCC1(O)c1ncc(-c2cccc(Nc3nccc(C(F)(F)F)n3)c2)s1. The van der Waals surface area contributed by atoms with Gasteiger partial charge in [-0.2, -0.15) is 18.4 Å². The third-order valence-corrected chi connectivity index (χ3v) is 7.08. The Balaban J connectivity index is 1.56. The first-order chi connectivity index (χ1) is 15.8. The minimum Gasteiger partial charge on any atom is -0.382 e. The number of nitrogens with zero attached hydrogens (tertiary/aromatic N) is 4. The maximum atomic E-state index is 12.9. The molecule has 2 N–H and O–H groups in total. The van der Waals surface area contributed by atoms with Crippen molar-refractivity contribution in [3.05, 3.63) is 53.4 Å². The van der Waals surface area contributed by atoms with Gasteiger partial charge < -0.3 is 10.4 Å². The number of thiazole rings is 1. The number of hydrogen-bond acceptors (Lipinski definition) is 7. The second-order valence-corrected chi connectivity index (χ2v) is 9.09. The first-order valence-corrected chi connectivity index (χ1v) is 11.4. The highest BCUT2D eigenvalue weighted by atomic mass is 32.1. The lowest BCUT2D eigenvalue weighted by molar-refractivity contribution is -0.141. The molecule has 2 heterocycles. The standard InChI is InChI=1S/C23H22F3N5OS/c24-23(25,26)19-9-12-28-21(31-19)30-17-8-3-5-15(13-17)18-14-29-20(33-18)22(32)10-2-1-6-16(22)7-4-11-27/h3,5,8-9,12-14,16,32H,1-2,4,6-7,10H2,(H,28,30,31). The molecule has 0 radical (unpaired) electrons. The Morgan fingerprint density at radius 3 is 2.88 bits per heavy atom. The lowest BCUT2D eigenvalue weighted by Gasteiger charge is -2.38. The molecule has 0 amide bonds. The number of halogens is 3. The number of nitriles is 1. The van der Waals surface area contributed by atoms with Gasteiger partial charge in [0, 0.05) is 24.5 Å². The van der Waals surface area contributed by atoms with Crippen LogP contribution in [0.2, 0.25) is 0 Å². The fourth-order valence-electron chi connectivity index (χ4n) is 4.20. The predicted octanol–water partition coefficient (Wildman–Crippen LogP) is 6.04. The molecule has 1 aliphatic rings. The molecule has 10 heteroatoms. The fourth-order valence-corrected chi connectivity index (χ4v) is 5.30. The highest BCUT2D eigenvalue weighted by Gasteiger charge is 2.42. The van der Waals surface area contributed by atoms with Crippen molar-refractivity contribution in [2.75, 3.05) is 5.32 Å². The summed E-state index contributed by atoms with van der Waals surface area (Å²) >= 11 is 1.40. The highest BCUT2D eigenvalue weighted by molar-refractivity contribution is 7.15. The minimum absolute atomic E-state index is 0.00374. The molecule has 0 bridgehead atoms. The third-order valence-electron chi connectivity index (χ3n) is 5.87. The van der Waals surface area contributed by atoms with Gasteiger partial charge in [-0.3, -0.25) is 0 Å². The summed E-state index contributed by atoms with van der Waals surface area (Å²) in [5.41, 5.74) is -0.719. The summed E-state index contributed by atoms with van der Waals surface area (Å²) in [7, 11) is 0. The molecule has 1 aliphatic carbocycles. The van der Waals surface area contributed by atoms with Gasteiger partial charge in [-0.25, -0.2) is 15.0 Å². The Morgan fingerprint density at radius 1 is 1.24 bits per heavy atom. The van der Waals surface area contributed by atoms with Gasteiger partial charge in [0.1, 0.15) is 16.3 Å². The lowest BCUT2D eigenvalue weighted by atomic mass is 9.73. The molecular formula is C23H22F3N5OS. The molecule has 1 saturated carbocycles. The number of benzene rings is 1. The molecular weight excluding hydrogens is 451 g/mol. The summed E-state index contributed by atoms with van der Waals surface area (Å²) in [6.45, 7) is 0. The van der Waals surface area contributed by atoms with Gasteiger partial charge in [0.05, 0.1) is 10.9 Å². The van der Waals surface area contributed by atoms with Gasteiger partial charge in [-0.15, -0.1) is 11.3 Å². The van der Waals surface area contributed by atoms with E-state index in [1.54, 1.807) is 24.4 Å². The summed E-state index contributed by atoms with van der Waals surface area (Å²) in [5.74, 6) is -0.153. The van der Waals surface area contributed by atoms with E-state index in [-0.39, 0.29) is 11.9 Å². The monoisotopic (exact) mass is 473 g/mol. The number of aromatic nitrogens is 3. The molecule has 0 aliphatic heterocycles. The van der Waals surface area contributed by atoms with Gasteiger partial charge in [0.2, 0.25) is 5.95 Å². The largest absolute Gasteiger partial charge is 0.433 e. The number of anilines is 2. The minimum atomic E-state index is -4.55. The van der Waals surface area contributed by atoms with Crippen LogP contribution in [0.4, 0.5) is 24.8 Å². The van der Waals surface area contributed by atoms with Crippen LogP contribution in [0.5, 0.6) is 0 Å². The second kappa shape index (κ2) is 9.45. The average Bonchev–Trinajstić information content (AvgIpc) is 3.30. The van der Waals surface area contributed by atoms with Crippen LogP contribution in [0.3, 0.4) is 0 Å².